The number of benzene rings is 2. The van der Waals surface area contributed by atoms with Gasteiger partial charge in [-0.1, -0.05) is 58.0 Å². The number of amides is 2. The molecule has 1 fully saturated rings. The lowest BCUT2D eigenvalue weighted by Gasteiger charge is -2.19. The molecule has 2 aromatic rings. The fourth-order valence-corrected chi connectivity index (χ4v) is 3.48. The van der Waals surface area contributed by atoms with Crippen LogP contribution in [0.4, 0.5) is 11.4 Å². The molecule has 1 saturated carbocycles. The molecule has 2 N–H and O–H groups in total. The third-order valence-corrected chi connectivity index (χ3v) is 5.47. The summed E-state index contributed by atoms with van der Waals surface area (Å²) in [5.74, 6) is -0.647. The van der Waals surface area contributed by atoms with Crippen molar-refractivity contribution in [2.24, 2.45) is 11.8 Å². The van der Waals surface area contributed by atoms with Crippen LogP contribution in [-0.4, -0.2) is 11.8 Å². The Kier molecular flexibility index (Phi) is 5.59. The number of hydrogen-bond donors (Lipinski definition) is 2. The third kappa shape index (κ3) is 4.44. The summed E-state index contributed by atoms with van der Waals surface area (Å²) in [4.78, 5) is 25.1. The van der Waals surface area contributed by atoms with Gasteiger partial charge in [-0.05, 0) is 54.0 Å². The van der Waals surface area contributed by atoms with E-state index in [9.17, 15) is 9.59 Å². The average molecular weight is 379 g/mol. The molecule has 0 spiro atoms. The summed E-state index contributed by atoms with van der Waals surface area (Å²) in [7, 11) is 0. The zero-order valence-corrected chi connectivity index (χ0v) is 17.4. The molecule has 0 saturated heterocycles. The SMILES string of the molecule is CCc1cccc(C)c1NC(=O)C1CC1C(=O)Nc1ccc(C(C)(C)C)cc1. The van der Waals surface area contributed by atoms with Gasteiger partial charge in [0.1, 0.15) is 0 Å². The van der Waals surface area contributed by atoms with Gasteiger partial charge in [-0.3, -0.25) is 9.59 Å². The summed E-state index contributed by atoms with van der Waals surface area (Å²) in [6, 6.07) is 14.0. The van der Waals surface area contributed by atoms with E-state index in [0.29, 0.717) is 6.42 Å². The van der Waals surface area contributed by atoms with E-state index in [1.54, 1.807) is 0 Å². The molecular formula is C24H30N2O2. The Morgan fingerprint density at radius 1 is 0.964 bits per heavy atom. The predicted octanol–water partition coefficient (Wildman–Crippen LogP) is 5.07. The Hall–Kier alpha value is -2.62. The van der Waals surface area contributed by atoms with Crippen LogP contribution in [0.5, 0.6) is 0 Å². The average Bonchev–Trinajstić information content (AvgIpc) is 3.44. The summed E-state index contributed by atoms with van der Waals surface area (Å²) < 4.78 is 0. The molecule has 0 radical (unpaired) electrons. The standard InChI is InChI=1S/C24H30N2O2/c1-6-16-9-7-8-15(2)21(16)26-23(28)20-14-19(20)22(27)25-18-12-10-17(11-13-18)24(3,4)5/h7-13,19-20H,6,14H2,1-5H3,(H,25,27)(H,26,28). The zero-order chi connectivity index (χ0) is 20.5. The van der Waals surface area contributed by atoms with Crippen molar-refractivity contribution in [3.63, 3.8) is 0 Å². The Bertz CT molecular complexity index is 878. The second-order valence-corrected chi connectivity index (χ2v) is 8.72. The molecule has 1 aliphatic rings. The van der Waals surface area contributed by atoms with Gasteiger partial charge in [0.15, 0.2) is 0 Å². The van der Waals surface area contributed by atoms with Crippen molar-refractivity contribution in [1.82, 2.24) is 0 Å². The first-order valence-corrected chi connectivity index (χ1v) is 10.0. The normalized spacial score (nSPS) is 18.5. The van der Waals surface area contributed by atoms with Crippen molar-refractivity contribution in [3.05, 3.63) is 59.2 Å². The molecule has 0 aromatic heterocycles. The minimum Gasteiger partial charge on any atom is -0.326 e. The van der Waals surface area contributed by atoms with Gasteiger partial charge in [-0.15, -0.1) is 0 Å². The fraction of sp³-hybridized carbons (Fsp3) is 0.417. The van der Waals surface area contributed by atoms with Gasteiger partial charge < -0.3 is 10.6 Å². The van der Waals surface area contributed by atoms with Crippen molar-refractivity contribution in [1.29, 1.82) is 0 Å². The van der Waals surface area contributed by atoms with Crippen LogP contribution in [-0.2, 0) is 21.4 Å². The van der Waals surface area contributed by atoms with Crippen LogP contribution < -0.4 is 10.6 Å². The number of rotatable bonds is 5. The first-order valence-electron chi connectivity index (χ1n) is 10.0. The molecule has 148 valence electrons. The summed E-state index contributed by atoms with van der Waals surface area (Å²) in [6.07, 6.45) is 1.46. The van der Waals surface area contributed by atoms with Gasteiger partial charge in [-0.25, -0.2) is 0 Å². The summed E-state index contributed by atoms with van der Waals surface area (Å²) in [5, 5.41) is 5.99. The van der Waals surface area contributed by atoms with Gasteiger partial charge in [0.2, 0.25) is 11.8 Å². The van der Waals surface area contributed by atoms with Crippen LogP contribution in [0.1, 0.15) is 50.8 Å². The monoisotopic (exact) mass is 378 g/mol. The van der Waals surface area contributed by atoms with Crippen molar-refractivity contribution in [3.8, 4) is 0 Å². The topological polar surface area (TPSA) is 58.2 Å². The van der Waals surface area contributed by atoms with Crippen molar-refractivity contribution >= 4 is 23.2 Å². The molecule has 4 nitrogen and oxygen atoms in total. The summed E-state index contributed by atoms with van der Waals surface area (Å²) in [5.41, 5.74) is 5.13. The van der Waals surface area contributed by atoms with Crippen LogP contribution in [0.15, 0.2) is 42.5 Å². The molecule has 1 aliphatic carbocycles. The lowest BCUT2D eigenvalue weighted by molar-refractivity contribution is -0.122. The highest BCUT2D eigenvalue weighted by Gasteiger charge is 2.48. The number of carbonyl (C=O) groups excluding carboxylic acids is 2. The number of aryl methyl sites for hydroxylation is 2. The Morgan fingerprint density at radius 3 is 2.14 bits per heavy atom. The van der Waals surface area contributed by atoms with E-state index in [1.807, 2.05) is 49.4 Å². The van der Waals surface area contributed by atoms with Crippen molar-refractivity contribution < 1.29 is 9.59 Å². The lowest BCUT2D eigenvalue weighted by Crippen LogP contribution is -2.21. The third-order valence-electron chi connectivity index (χ3n) is 5.47. The van der Waals surface area contributed by atoms with E-state index >= 15 is 0 Å². The number of hydrogen-bond acceptors (Lipinski definition) is 2. The molecule has 28 heavy (non-hydrogen) atoms. The van der Waals surface area contributed by atoms with E-state index in [-0.39, 0.29) is 29.1 Å². The predicted molar refractivity (Wildman–Crippen MR) is 115 cm³/mol. The second kappa shape index (κ2) is 7.78. The maximum atomic E-state index is 12.6. The Labute approximate surface area is 167 Å². The largest absolute Gasteiger partial charge is 0.326 e. The zero-order valence-electron chi connectivity index (χ0n) is 17.4. The summed E-state index contributed by atoms with van der Waals surface area (Å²) >= 11 is 0. The maximum Gasteiger partial charge on any atom is 0.228 e. The highest BCUT2D eigenvalue weighted by atomic mass is 16.2. The van der Waals surface area contributed by atoms with Crippen LogP contribution in [0.25, 0.3) is 0 Å². The quantitative estimate of drug-likeness (QED) is 0.763. The first-order chi connectivity index (χ1) is 13.2. The maximum absolute atomic E-state index is 12.6. The molecule has 2 unspecified atom stereocenters. The number of carbonyl (C=O) groups is 2. The van der Waals surface area contributed by atoms with Gasteiger partial charge in [0.25, 0.3) is 0 Å². The summed E-state index contributed by atoms with van der Waals surface area (Å²) in [6.45, 7) is 10.5. The van der Waals surface area contributed by atoms with Crippen molar-refractivity contribution in [2.75, 3.05) is 10.6 Å². The van der Waals surface area contributed by atoms with Crippen LogP contribution in [0.2, 0.25) is 0 Å². The fourth-order valence-electron chi connectivity index (χ4n) is 3.48. The van der Waals surface area contributed by atoms with E-state index < -0.39 is 0 Å². The van der Waals surface area contributed by atoms with Gasteiger partial charge in [0, 0.05) is 11.4 Å². The van der Waals surface area contributed by atoms with E-state index in [1.165, 1.54) is 5.56 Å². The Balaban J connectivity index is 1.59. The minimum atomic E-state index is -0.253. The van der Waals surface area contributed by atoms with E-state index in [2.05, 4.69) is 38.3 Å². The lowest BCUT2D eigenvalue weighted by atomic mass is 9.87. The van der Waals surface area contributed by atoms with Gasteiger partial charge >= 0.3 is 0 Å². The molecule has 2 atom stereocenters. The highest BCUT2D eigenvalue weighted by Crippen LogP contribution is 2.40. The number of anilines is 2. The van der Waals surface area contributed by atoms with E-state index in [4.69, 9.17) is 0 Å². The van der Waals surface area contributed by atoms with Gasteiger partial charge in [-0.2, -0.15) is 0 Å². The molecule has 0 heterocycles. The minimum absolute atomic E-state index is 0.0627. The molecule has 2 amide bonds. The molecule has 0 aliphatic heterocycles. The molecule has 2 aromatic carbocycles. The van der Waals surface area contributed by atoms with Crippen molar-refractivity contribution in [2.45, 2.75) is 52.9 Å². The van der Waals surface area contributed by atoms with E-state index in [0.717, 1.165) is 28.9 Å². The molecule has 0 bridgehead atoms. The van der Waals surface area contributed by atoms with Crippen LogP contribution >= 0.6 is 0 Å². The van der Waals surface area contributed by atoms with Crippen LogP contribution in [0.3, 0.4) is 0 Å². The molecular weight excluding hydrogens is 348 g/mol. The first kappa shape index (κ1) is 20.1. The smallest absolute Gasteiger partial charge is 0.228 e. The highest BCUT2D eigenvalue weighted by molar-refractivity contribution is 6.03. The van der Waals surface area contributed by atoms with Crippen LogP contribution in [0, 0.1) is 18.8 Å². The molecule has 4 heteroatoms. The second-order valence-electron chi connectivity index (χ2n) is 8.72. The van der Waals surface area contributed by atoms with Gasteiger partial charge in [0.05, 0.1) is 11.8 Å². The Morgan fingerprint density at radius 2 is 1.57 bits per heavy atom. The number of nitrogens with one attached hydrogen (secondary N) is 2. The molecule has 3 rings (SSSR count). The number of para-hydroxylation sites is 1.